The van der Waals surface area contributed by atoms with Gasteiger partial charge < -0.3 is 10.1 Å². The molecule has 130 valence electrons. The largest absolute Gasteiger partial charge is 0.492 e. The van der Waals surface area contributed by atoms with Crippen LogP contribution in [0.3, 0.4) is 0 Å². The second-order valence-electron chi connectivity index (χ2n) is 6.54. The van der Waals surface area contributed by atoms with Gasteiger partial charge in [0.1, 0.15) is 11.6 Å². The lowest BCUT2D eigenvalue weighted by atomic mass is 9.87. The summed E-state index contributed by atoms with van der Waals surface area (Å²) in [6.07, 6.45) is 1.02. The molecular formula is C17H22BrN3O2S. The van der Waals surface area contributed by atoms with Gasteiger partial charge in [-0.15, -0.1) is 0 Å². The van der Waals surface area contributed by atoms with E-state index in [2.05, 4.69) is 63.5 Å². The van der Waals surface area contributed by atoms with Gasteiger partial charge >= 0.3 is 0 Å². The van der Waals surface area contributed by atoms with E-state index in [4.69, 9.17) is 4.74 Å². The number of amides is 1. The van der Waals surface area contributed by atoms with Crippen molar-refractivity contribution in [2.45, 2.75) is 46.0 Å². The van der Waals surface area contributed by atoms with Gasteiger partial charge in [-0.2, -0.15) is 4.37 Å². The highest BCUT2D eigenvalue weighted by atomic mass is 79.9. The second-order valence-corrected chi connectivity index (χ2v) is 8.15. The molecule has 0 aliphatic heterocycles. The van der Waals surface area contributed by atoms with Crippen LogP contribution in [0.1, 0.15) is 45.0 Å². The summed E-state index contributed by atoms with van der Waals surface area (Å²) in [4.78, 5) is 15.9. The first-order valence-electron chi connectivity index (χ1n) is 7.79. The van der Waals surface area contributed by atoms with Gasteiger partial charge in [0.25, 0.3) is 0 Å². The minimum absolute atomic E-state index is 0.0723. The number of anilines is 1. The number of carbonyl (C=O) groups is 1. The summed E-state index contributed by atoms with van der Waals surface area (Å²) in [5, 5.41) is 3.28. The van der Waals surface area contributed by atoms with Gasteiger partial charge in [-0.05, 0) is 52.4 Å². The summed E-state index contributed by atoms with van der Waals surface area (Å²) in [5.74, 6) is 1.39. The van der Waals surface area contributed by atoms with Gasteiger partial charge in [-0.3, -0.25) is 4.79 Å². The smallest absolute Gasteiger partial charge is 0.226 e. The molecule has 0 saturated heterocycles. The van der Waals surface area contributed by atoms with Crippen LogP contribution in [-0.2, 0) is 10.2 Å². The van der Waals surface area contributed by atoms with Crippen LogP contribution in [-0.4, -0.2) is 21.9 Å². The maximum Gasteiger partial charge on any atom is 0.226 e. The Balaban J connectivity index is 1.77. The number of ether oxygens (including phenoxy) is 1. The molecule has 0 aliphatic rings. The monoisotopic (exact) mass is 411 g/mol. The maximum atomic E-state index is 11.8. The van der Waals surface area contributed by atoms with E-state index in [1.165, 1.54) is 17.1 Å². The quantitative estimate of drug-likeness (QED) is 0.699. The van der Waals surface area contributed by atoms with Crippen LogP contribution in [0.2, 0.25) is 0 Å². The Morgan fingerprint density at radius 2 is 2.12 bits per heavy atom. The number of aromatic nitrogens is 2. The molecule has 0 spiro atoms. The molecule has 0 radical (unpaired) electrons. The molecule has 5 nitrogen and oxygen atoms in total. The highest BCUT2D eigenvalue weighted by molar-refractivity contribution is 9.10. The molecule has 2 rings (SSSR count). The van der Waals surface area contributed by atoms with Crippen LogP contribution < -0.4 is 10.1 Å². The first-order chi connectivity index (χ1) is 11.3. The Morgan fingerprint density at radius 3 is 2.71 bits per heavy atom. The fraction of sp³-hybridized carbons (Fsp3) is 0.471. The van der Waals surface area contributed by atoms with Crippen molar-refractivity contribution in [1.82, 2.24) is 9.36 Å². The zero-order valence-electron chi connectivity index (χ0n) is 14.4. The third-order valence-electron chi connectivity index (χ3n) is 3.38. The first kappa shape index (κ1) is 18.9. The molecule has 1 N–H and O–H groups in total. The topological polar surface area (TPSA) is 64.1 Å². The lowest BCUT2D eigenvalue weighted by molar-refractivity contribution is -0.116. The van der Waals surface area contributed by atoms with Gasteiger partial charge in [-0.25, -0.2) is 4.98 Å². The Hall–Kier alpha value is -1.47. The zero-order valence-corrected chi connectivity index (χ0v) is 16.8. The summed E-state index contributed by atoms with van der Waals surface area (Å²) in [5.41, 5.74) is 1.34. The number of halogens is 1. The molecule has 0 atom stereocenters. The molecule has 0 unspecified atom stereocenters. The predicted octanol–water partition coefficient (Wildman–Crippen LogP) is 4.70. The fourth-order valence-electron chi connectivity index (χ4n) is 2.03. The average Bonchev–Trinajstić information content (AvgIpc) is 2.89. The van der Waals surface area contributed by atoms with Crippen molar-refractivity contribution < 1.29 is 9.53 Å². The van der Waals surface area contributed by atoms with Crippen LogP contribution in [0, 0.1) is 6.92 Å². The van der Waals surface area contributed by atoms with Crippen molar-refractivity contribution in [1.29, 1.82) is 0 Å². The van der Waals surface area contributed by atoms with Crippen LogP contribution in [0.5, 0.6) is 5.75 Å². The minimum atomic E-state index is -0.0723. The summed E-state index contributed by atoms with van der Waals surface area (Å²) >= 11 is 4.74. The zero-order chi connectivity index (χ0) is 17.7. The van der Waals surface area contributed by atoms with Crippen molar-refractivity contribution in [3.63, 3.8) is 0 Å². The summed E-state index contributed by atoms with van der Waals surface area (Å²) < 4.78 is 10.7. The van der Waals surface area contributed by atoms with Gasteiger partial charge in [0.05, 0.1) is 11.1 Å². The molecule has 24 heavy (non-hydrogen) atoms. The molecule has 0 bridgehead atoms. The van der Waals surface area contributed by atoms with Crippen molar-refractivity contribution in [3.8, 4) is 5.75 Å². The number of nitrogens with one attached hydrogen (secondary N) is 1. The summed E-state index contributed by atoms with van der Waals surface area (Å²) in [6.45, 7) is 8.80. The molecule has 1 heterocycles. The van der Waals surface area contributed by atoms with E-state index < -0.39 is 0 Å². The van der Waals surface area contributed by atoms with E-state index >= 15 is 0 Å². The highest BCUT2D eigenvalue weighted by Crippen LogP contribution is 2.31. The van der Waals surface area contributed by atoms with Gasteiger partial charge in [0.2, 0.25) is 11.0 Å². The molecule has 0 aliphatic carbocycles. The number of hydrogen-bond donors (Lipinski definition) is 1. The number of rotatable bonds is 6. The predicted molar refractivity (Wildman–Crippen MR) is 101 cm³/mol. The van der Waals surface area contributed by atoms with E-state index in [9.17, 15) is 4.79 Å². The van der Waals surface area contributed by atoms with Gasteiger partial charge in [-0.1, -0.05) is 26.8 Å². The second kappa shape index (κ2) is 8.07. The van der Waals surface area contributed by atoms with Crippen molar-refractivity contribution in [2.75, 3.05) is 11.9 Å². The van der Waals surface area contributed by atoms with E-state index in [-0.39, 0.29) is 11.3 Å². The minimum Gasteiger partial charge on any atom is -0.492 e. The van der Waals surface area contributed by atoms with Crippen LogP contribution in [0.25, 0.3) is 0 Å². The van der Waals surface area contributed by atoms with E-state index in [1.807, 2.05) is 6.07 Å². The maximum absolute atomic E-state index is 11.8. The average molecular weight is 412 g/mol. The lowest BCUT2D eigenvalue weighted by Gasteiger charge is -2.20. The first-order valence-corrected chi connectivity index (χ1v) is 9.35. The van der Waals surface area contributed by atoms with E-state index in [1.54, 1.807) is 6.92 Å². The molecule has 0 saturated carbocycles. The Kier molecular flexibility index (Phi) is 6.34. The van der Waals surface area contributed by atoms with Crippen LogP contribution in [0.4, 0.5) is 5.13 Å². The van der Waals surface area contributed by atoms with E-state index in [0.717, 1.165) is 10.2 Å². The number of nitrogens with zero attached hydrogens (tertiary/aromatic N) is 2. The lowest BCUT2D eigenvalue weighted by Crippen LogP contribution is -2.13. The van der Waals surface area contributed by atoms with Crippen molar-refractivity contribution >= 4 is 38.5 Å². The summed E-state index contributed by atoms with van der Waals surface area (Å²) in [7, 11) is 0. The normalized spacial score (nSPS) is 11.4. The molecule has 0 fully saturated rings. The standard InChI is InChI=1S/C17H22BrN3O2S/c1-11-19-16(24-21-11)20-15(22)6-5-9-23-14-8-7-12(10-13(14)18)17(2,3)4/h7-8,10H,5-6,9H2,1-4H3,(H,19,20,21,22). The Morgan fingerprint density at radius 1 is 1.38 bits per heavy atom. The SMILES string of the molecule is Cc1nsc(NC(=O)CCCOc2ccc(C(C)(C)C)cc2Br)n1. The number of hydrogen-bond acceptors (Lipinski definition) is 5. The van der Waals surface area contributed by atoms with Gasteiger partial charge in [0.15, 0.2) is 0 Å². The third-order valence-corrected chi connectivity index (χ3v) is 4.72. The van der Waals surface area contributed by atoms with Crippen molar-refractivity contribution in [3.05, 3.63) is 34.1 Å². The number of carbonyl (C=O) groups excluding carboxylic acids is 1. The number of aryl methyl sites for hydroxylation is 1. The number of benzene rings is 1. The molecule has 2 aromatic rings. The van der Waals surface area contributed by atoms with Gasteiger partial charge in [0, 0.05) is 18.0 Å². The molecule has 1 aromatic heterocycles. The third kappa shape index (κ3) is 5.56. The van der Waals surface area contributed by atoms with Crippen molar-refractivity contribution in [2.24, 2.45) is 0 Å². The Labute approximate surface area is 155 Å². The fourth-order valence-corrected chi connectivity index (χ4v) is 3.11. The van der Waals surface area contributed by atoms with Crippen LogP contribution in [0.15, 0.2) is 22.7 Å². The molecule has 1 aromatic carbocycles. The van der Waals surface area contributed by atoms with E-state index in [0.29, 0.717) is 30.4 Å². The molecular weight excluding hydrogens is 390 g/mol. The van der Waals surface area contributed by atoms with Crippen LogP contribution >= 0.6 is 27.5 Å². The molecule has 1 amide bonds. The summed E-state index contributed by atoms with van der Waals surface area (Å²) in [6, 6.07) is 6.12. The molecule has 7 heteroatoms. The Bertz CT molecular complexity index is 710. The highest BCUT2D eigenvalue weighted by Gasteiger charge is 2.15.